The summed E-state index contributed by atoms with van der Waals surface area (Å²) < 4.78 is 59.7. The number of morpholine rings is 2. The van der Waals surface area contributed by atoms with Crippen LogP contribution in [0.15, 0.2) is 47.8 Å². The molecule has 0 aliphatic carbocycles. The highest BCUT2D eigenvalue weighted by atomic mass is 32.1. The Morgan fingerprint density at radius 3 is 2.49 bits per heavy atom. The molecular weight excluding hydrogens is 916 g/mol. The second kappa shape index (κ2) is 22.7. The van der Waals surface area contributed by atoms with Crippen LogP contribution in [0, 0.1) is 17.5 Å². The predicted molar refractivity (Wildman–Crippen MR) is 255 cm³/mol. The molecule has 2 aromatic heterocycles. The first kappa shape index (κ1) is 50.2. The lowest BCUT2D eigenvalue weighted by atomic mass is 9.90. The van der Waals surface area contributed by atoms with Crippen LogP contribution in [0.4, 0.5) is 24.0 Å². The van der Waals surface area contributed by atoms with Crippen LogP contribution in [0.3, 0.4) is 0 Å². The minimum atomic E-state index is -1.20. The highest BCUT2D eigenvalue weighted by Crippen LogP contribution is 2.41. The summed E-state index contributed by atoms with van der Waals surface area (Å²) in [6.07, 6.45) is 1.54. The molecule has 8 rings (SSSR count). The Labute approximate surface area is 404 Å². The van der Waals surface area contributed by atoms with E-state index in [1.165, 1.54) is 29.5 Å². The highest BCUT2D eigenvalue weighted by Gasteiger charge is 2.42. The van der Waals surface area contributed by atoms with Crippen molar-refractivity contribution in [2.24, 2.45) is 0 Å². The first-order valence-electron chi connectivity index (χ1n) is 23.7. The van der Waals surface area contributed by atoms with E-state index in [1.54, 1.807) is 22.4 Å². The molecule has 3 fully saturated rings. The van der Waals surface area contributed by atoms with Gasteiger partial charge in [-0.2, -0.15) is 4.39 Å². The van der Waals surface area contributed by atoms with Gasteiger partial charge in [-0.3, -0.25) is 29.2 Å². The number of halogens is 3. The zero-order valence-electron chi connectivity index (χ0n) is 39.4. The van der Waals surface area contributed by atoms with E-state index in [4.69, 9.17) is 19.2 Å². The average molecular weight is 978 g/mol. The molecule has 372 valence electrons. The Morgan fingerprint density at radius 1 is 0.971 bits per heavy atom. The number of ether oxygens (including phenoxy) is 3. The Morgan fingerprint density at radius 2 is 1.72 bits per heavy atom. The van der Waals surface area contributed by atoms with Crippen molar-refractivity contribution in [3.8, 4) is 17.0 Å². The molecule has 16 nitrogen and oxygen atoms in total. The van der Waals surface area contributed by atoms with Crippen LogP contribution < -0.4 is 30.5 Å². The van der Waals surface area contributed by atoms with Gasteiger partial charge in [0.2, 0.25) is 17.6 Å². The molecule has 0 spiro atoms. The van der Waals surface area contributed by atoms with E-state index in [-0.39, 0.29) is 67.3 Å². The molecule has 4 N–H and O–H groups in total. The lowest BCUT2D eigenvalue weighted by Gasteiger charge is -2.44. The number of piperazine rings is 1. The third-order valence-corrected chi connectivity index (χ3v) is 14.0. The van der Waals surface area contributed by atoms with E-state index in [0.717, 1.165) is 33.7 Å². The third-order valence-electron chi connectivity index (χ3n) is 13.1. The number of nitrogens with one attached hydrogen (secondary N) is 3. The lowest BCUT2D eigenvalue weighted by molar-refractivity contribution is -0.134. The Kier molecular flexibility index (Phi) is 16.5. The average Bonchev–Trinajstić information content (AvgIpc) is 3.94. The van der Waals surface area contributed by atoms with E-state index in [9.17, 15) is 28.3 Å². The molecule has 3 amide bonds. The maximum Gasteiger partial charge on any atom is 0.257 e. The molecule has 0 unspecified atom stereocenters. The second-order valence-electron chi connectivity index (χ2n) is 18.8. The molecular formula is C49H62F3N9O7S. The van der Waals surface area contributed by atoms with Crippen LogP contribution >= 0.6 is 11.3 Å². The molecule has 0 bridgehead atoms. The predicted octanol–water partition coefficient (Wildman–Crippen LogP) is 3.62. The molecule has 0 saturated carbocycles. The first-order chi connectivity index (χ1) is 33.3. The zero-order chi connectivity index (χ0) is 48.7. The summed E-state index contributed by atoms with van der Waals surface area (Å²) in [5, 5.41) is 22.1. The highest BCUT2D eigenvalue weighted by molar-refractivity contribution is 7.14. The van der Waals surface area contributed by atoms with Crippen molar-refractivity contribution in [1.82, 2.24) is 35.7 Å². The maximum atomic E-state index is 15.0. The van der Waals surface area contributed by atoms with E-state index in [1.807, 2.05) is 19.9 Å². The summed E-state index contributed by atoms with van der Waals surface area (Å²) in [5.74, 6) is -3.74. The number of benzene rings is 2. The Bertz CT molecular complexity index is 2440. The summed E-state index contributed by atoms with van der Waals surface area (Å²) in [6.45, 7) is 12.2. The number of hydrogen-bond acceptors (Lipinski definition) is 14. The van der Waals surface area contributed by atoms with Crippen molar-refractivity contribution < 1.29 is 46.9 Å². The molecule has 3 atom stereocenters. The largest absolute Gasteiger partial charge is 0.480 e. The summed E-state index contributed by atoms with van der Waals surface area (Å²) in [4.78, 5) is 58.4. The van der Waals surface area contributed by atoms with Gasteiger partial charge in [0.05, 0.1) is 62.3 Å². The number of aliphatic hydroxyl groups excluding tert-OH is 1. The third kappa shape index (κ3) is 12.2. The standard InChI is InChI=1S/C49H62F3N9O7S/c1-31-23-60(25-43(64)61-30-49(2,3)46-40(61)21-33(38(26-62)56-46)20-32-6-8-34(50)9-7-32)35(22-55-31)24-59-16-19-67-27-41(59)47(65)54-13-5-4-12-53-42(63)28-68-45-36(10-11-37(51)44(45)52)39-29-69-48(57-39)58-14-17-66-18-15-58/h6-11,21,29,31,35,41,55,62H,4-5,12-20,22-28,30H2,1-3H3,(H,53,63)(H,54,65)/t31-,35-,41+/m1/s1. The van der Waals surface area contributed by atoms with E-state index < -0.39 is 35.6 Å². The number of unbranched alkanes of at least 4 members (excludes halogenated alkanes) is 1. The van der Waals surface area contributed by atoms with Gasteiger partial charge in [-0.05, 0) is 67.6 Å². The monoisotopic (exact) mass is 977 g/mol. The second-order valence-corrected chi connectivity index (χ2v) is 19.6. The van der Waals surface area contributed by atoms with E-state index in [0.29, 0.717) is 103 Å². The van der Waals surface area contributed by atoms with Crippen molar-refractivity contribution in [2.75, 3.05) is 108 Å². The number of carbonyl (C=O) groups is 3. The number of nitrogens with zero attached hydrogens (tertiary/aromatic N) is 6. The summed E-state index contributed by atoms with van der Waals surface area (Å²) >= 11 is 1.38. The van der Waals surface area contributed by atoms with Gasteiger partial charge in [-0.25, -0.2) is 13.8 Å². The number of fused-ring (bicyclic) bond motifs is 1. The lowest BCUT2D eigenvalue weighted by Crippen LogP contribution is -2.63. The molecule has 4 aromatic rings. The van der Waals surface area contributed by atoms with E-state index >= 15 is 4.39 Å². The fourth-order valence-corrected chi connectivity index (χ4v) is 10.2. The topological polar surface area (TPSA) is 174 Å². The van der Waals surface area contributed by atoms with Gasteiger partial charge in [0, 0.05) is 87.3 Å². The zero-order valence-corrected chi connectivity index (χ0v) is 40.2. The number of thiazole rings is 1. The number of rotatable bonds is 18. The molecule has 0 radical (unpaired) electrons. The summed E-state index contributed by atoms with van der Waals surface area (Å²) in [6, 6.07) is 10.1. The van der Waals surface area contributed by atoms with Crippen molar-refractivity contribution in [1.29, 1.82) is 0 Å². The molecule has 4 aliphatic heterocycles. The molecule has 3 saturated heterocycles. The van der Waals surface area contributed by atoms with Crippen molar-refractivity contribution in [3.63, 3.8) is 0 Å². The Hall–Kier alpha value is -5.22. The fraction of sp³-hybridized carbons (Fsp3) is 0.531. The molecule has 6 heterocycles. The van der Waals surface area contributed by atoms with Crippen LogP contribution in [0.5, 0.6) is 5.75 Å². The van der Waals surface area contributed by atoms with Crippen LogP contribution in [0.1, 0.15) is 56.1 Å². The normalized spacial score (nSPS) is 20.7. The number of pyridine rings is 1. The molecule has 2 aromatic carbocycles. The minimum absolute atomic E-state index is 0.0631. The van der Waals surface area contributed by atoms with Crippen molar-refractivity contribution in [3.05, 3.63) is 87.8 Å². The van der Waals surface area contributed by atoms with Gasteiger partial charge in [0.25, 0.3) is 5.91 Å². The van der Waals surface area contributed by atoms with Crippen LogP contribution in [0.2, 0.25) is 0 Å². The SMILES string of the molecule is C[C@@H]1CN(CC(=O)N2CC(C)(C)c3nc(CO)c(Cc4ccc(F)cc4)cc32)[C@@H](CN2CCOC[C@H]2C(=O)NCCCCNC(=O)COc2c(-c3csc(N4CCOCC4)n3)ccc(F)c2F)CN1. The van der Waals surface area contributed by atoms with Crippen molar-refractivity contribution >= 4 is 39.9 Å². The van der Waals surface area contributed by atoms with Gasteiger partial charge in [0.1, 0.15) is 11.9 Å². The van der Waals surface area contributed by atoms with Crippen molar-refractivity contribution in [2.45, 2.75) is 70.2 Å². The van der Waals surface area contributed by atoms with Gasteiger partial charge in [0.15, 0.2) is 23.3 Å². The fourth-order valence-electron chi connectivity index (χ4n) is 9.37. The van der Waals surface area contributed by atoms with Crippen LogP contribution in [0.25, 0.3) is 11.3 Å². The molecule has 20 heteroatoms. The van der Waals surface area contributed by atoms with E-state index in [2.05, 4.69) is 42.6 Å². The van der Waals surface area contributed by atoms with Gasteiger partial charge in [-0.1, -0.05) is 26.0 Å². The molecule has 4 aliphatic rings. The number of amides is 3. The smallest absolute Gasteiger partial charge is 0.257 e. The maximum absolute atomic E-state index is 15.0. The number of anilines is 2. The van der Waals surface area contributed by atoms with Gasteiger partial charge < -0.3 is 45.1 Å². The Balaban J connectivity index is 0.810. The van der Waals surface area contributed by atoms with Crippen LogP contribution in [-0.4, -0.2) is 159 Å². The van der Waals surface area contributed by atoms with Gasteiger partial charge >= 0.3 is 0 Å². The van der Waals surface area contributed by atoms with Gasteiger partial charge in [-0.15, -0.1) is 11.3 Å². The number of carbonyl (C=O) groups excluding carboxylic acids is 3. The first-order valence-corrected chi connectivity index (χ1v) is 24.6. The quantitative estimate of drug-likeness (QED) is 0.107. The van der Waals surface area contributed by atoms with Crippen LogP contribution in [-0.2, 0) is 42.3 Å². The number of aliphatic hydroxyl groups is 1. The number of hydrogen-bond donors (Lipinski definition) is 4. The summed E-state index contributed by atoms with van der Waals surface area (Å²) in [5.41, 5.74) is 3.86. The minimum Gasteiger partial charge on any atom is -0.480 e. The summed E-state index contributed by atoms with van der Waals surface area (Å²) in [7, 11) is 0. The number of aromatic nitrogens is 2. The molecule has 69 heavy (non-hydrogen) atoms.